The quantitative estimate of drug-likeness (QED) is 0.316. The Labute approximate surface area is 62.4 Å². The van der Waals surface area contributed by atoms with Crippen LogP contribution in [0, 0.1) is 0 Å². The summed E-state index contributed by atoms with van der Waals surface area (Å²) in [6.07, 6.45) is 8.16. The van der Waals surface area contributed by atoms with Gasteiger partial charge in [0.1, 0.15) is 0 Å². The molecule has 0 aromatic rings. The van der Waals surface area contributed by atoms with Crippen LogP contribution in [0.25, 0.3) is 0 Å². The van der Waals surface area contributed by atoms with Crippen molar-refractivity contribution in [1.29, 1.82) is 0 Å². The van der Waals surface area contributed by atoms with E-state index in [0.29, 0.717) is 6.41 Å². The van der Waals surface area contributed by atoms with Crippen LogP contribution in [0.3, 0.4) is 0 Å². The van der Waals surface area contributed by atoms with Crippen molar-refractivity contribution in [3.63, 3.8) is 0 Å². The van der Waals surface area contributed by atoms with E-state index in [4.69, 9.17) is 0 Å². The van der Waals surface area contributed by atoms with Gasteiger partial charge >= 0.3 is 0 Å². The molecule has 0 aliphatic heterocycles. The van der Waals surface area contributed by atoms with Crippen molar-refractivity contribution in [2.45, 2.75) is 39.0 Å². The molecule has 0 aromatic carbocycles. The summed E-state index contributed by atoms with van der Waals surface area (Å²) in [5.74, 6) is 0. The van der Waals surface area contributed by atoms with Gasteiger partial charge in [-0.1, -0.05) is 26.2 Å². The summed E-state index contributed by atoms with van der Waals surface area (Å²) in [5, 5.41) is 0. The first kappa shape index (κ1) is 9.34. The first-order valence-electron chi connectivity index (χ1n) is 3.87. The van der Waals surface area contributed by atoms with Gasteiger partial charge in [0.25, 0.3) is 0 Å². The molecule has 0 aliphatic rings. The van der Waals surface area contributed by atoms with Crippen LogP contribution in [0.2, 0.25) is 0 Å². The summed E-state index contributed by atoms with van der Waals surface area (Å²) in [4.78, 5) is 13.2. The second-order valence-electron chi connectivity index (χ2n) is 2.29. The van der Waals surface area contributed by atoms with Gasteiger partial charge in [-0.3, -0.25) is 4.79 Å². The maximum absolute atomic E-state index is 9.70. The number of aliphatic imine (C=N–C) groups is 1. The molecule has 0 atom stereocenters. The van der Waals surface area contributed by atoms with E-state index >= 15 is 0 Å². The van der Waals surface area contributed by atoms with Gasteiger partial charge in [0.2, 0.25) is 6.41 Å². The van der Waals surface area contributed by atoms with Gasteiger partial charge in [0.05, 0.1) is 0 Å². The van der Waals surface area contributed by atoms with E-state index in [1.54, 1.807) is 6.21 Å². The minimum absolute atomic E-state index is 0.583. The fourth-order valence-corrected chi connectivity index (χ4v) is 0.780. The zero-order valence-electron chi connectivity index (χ0n) is 6.55. The minimum atomic E-state index is 0.583. The first-order valence-corrected chi connectivity index (χ1v) is 3.87. The predicted molar refractivity (Wildman–Crippen MR) is 43.3 cm³/mol. The summed E-state index contributed by atoms with van der Waals surface area (Å²) in [6.45, 7) is 2.18. The van der Waals surface area contributed by atoms with E-state index in [2.05, 4.69) is 11.9 Å². The molecule has 10 heavy (non-hydrogen) atoms. The van der Waals surface area contributed by atoms with Crippen LogP contribution in [-0.4, -0.2) is 12.6 Å². The third-order valence-corrected chi connectivity index (χ3v) is 1.35. The lowest BCUT2D eigenvalue weighted by atomic mass is 10.2. The molecular formula is C8H15NO. The molecule has 0 radical (unpaired) electrons. The molecule has 0 bridgehead atoms. The largest absolute Gasteiger partial charge is 0.276 e. The molecule has 0 fully saturated rings. The standard InChI is InChI=1S/C8H15NO/c1-2-3-4-5-6-7-9-8-10/h7-8H,2-6H2,1H3. The van der Waals surface area contributed by atoms with Gasteiger partial charge in [-0.25, -0.2) is 4.99 Å². The zero-order valence-corrected chi connectivity index (χ0v) is 6.55. The minimum Gasteiger partial charge on any atom is -0.276 e. The molecule has 0 saturated carbocycles. The van der Waals surface area contributed by atoms with Gasteiger partial charge in [0.15, 0.2) is 0 Å². The Kier molecular flexibility index (Phi) is 7.79. The van der Waals surface area contributed by atoms with Gasteiger partial charge < -0.3 is 0 Å². The summed E-state index contributed by atoms with van der Waals surface area (Å²) in [6, 6.07) is 0. The molecule has 1 amide bonds. The highest BCUT2D eigenvalue weighted by molar-refractivity contribution is 5.68. The molecular weight excluding hydrogens is 126 g/mol. The molecule has 0 N–H and O–H groups in total. The first-order chi connectivity index (χ1) is 4.91. The Morgan fingerprint density at radius 1 is 1.30 bits per heavy atom. The maximum atomic E-state index is 9.70. The molecule has 0 unspecified atom stereocenters. The van der Waals surface area contributed by atoms with E-state index in [-0.39, 0.29) is 0 Å². The molecule has 0 rings (SSSR count). The number of hydrogen-bond acceptors (Lipinski definition) is 1. The topological polar surface area (TPSA) is 29.4 Å². The smallest absolute Gasteiger partial charge is 0.232 e. The lowest BCUT2D eigenvalue weighted by Crippen LogP contribution is -1.78. The van der Waals surface area contributed by atoms with Crippen molar-refractivity contribution in [3.8, 4) is 0 Å². The van der Waals surface area contributed by atoms with Crippen LogP contribution in [0.1, 0.15) is 39.0 Å². The van der Waals surface area contributed by atoms with E-state index in [0.717, 1.165) is 12.8 Å². The number of rotatable bonds is 6. The van der Waals surface area contributed by atoms with E-state index < -0.39 is 0 Å². The SMILES string of the molecule is CCCCCCC=NC=O. The van der Waals surface area contributed by atoms with E-state index in [1.165, 1.54) is 19.3 Å². The number of unbranched alkanes of at least 4 members (excludes halogenated alkanes) is 4. The lowest BCUT2D eigenvalue weighted by Gasteiger charge is -1.91. The van der Waals surface area contributed by atoms with Crippen molar-refractivity contribution in [2.75, 3.05) is 0 Å². The summed E-state index contributed by atoms with van der Waals surface area (Å²) >= 11 is 0. The highest BCUT2D eigenvalue weighted by atomic mass is 16.1. The monoisotopic (exact) mass is 141 g/mol. The van der Waals surface area contributed by atoms with Gasteiger partial charge in [-0.05, 0) is 12.8 Å². The van der Waals surface area contributed by atoms with Gasteiger partial charge in [-0.2, -0.15) is 0 Å². The number of hydrogen-bond donors (Lipinski definition) is 0. The van der Waals surface area contributed by atoms with Crippen molar-refractivity contribution in [2.24, 2.45) is 4.99 Å². The Hall–Kier alpha value is -0.660. The molecule has 58 valence electrons. The molecule has 0 aliphatic carbocycles. The number of carbonyl (C=O) groups excluding carboxylic acids is 1. The Balaban J connectivity index is 2.90. The van der Waals surface area contributed by atoms with Crippen molar-refractivity contribution in [1.82, 2.24) is 0 Å². The van der Waals surface area contributed by atoms with Gasteiger partial charge in [0, 0.05) is 6.21 Å². The Morgan fingerprint density at radius 2 is 2.10 bits per heavy atom. The molecule has 0 heterocycles. The van der Waals surface area contributed by atoms with E-state index in [9.17, 15) is 4.79 Å². The number of nitrogens with zero attached hydrogens (tertiary/aromatic N) is 1. The number of amides is 1. The number of carbonyl (C=O) groups is 1. The molecule has 0 saturated heterocycles. The highest BCUT2D eigenvalue weighted by Crippen LogP contribution is 1.99. The van der Waals surface area contributed by atoms with Crippen LogP contribution in [0.15, 0.2) is 4.99 Å². The summed E-state index contributed by atoms with van der Waals surface area (Å²) in [7, 11) is 0. The van der Waals surface area contributed by atoms with Crippen LogP contribution in [0.5, 0.6) is 0 Å². The summed E-state index contributed by atoms with van der Waals surface area (Å²) in [5.41, 5.74) is 0. The zero-order chi connectivity index (χ0) is 7.66. The fourth-order valence-electron chi connectivity index (χ4n) is 0.780. The summed E-state index contributed by atoms with van der Waals surface area (Å²) < 4.78 is 0. The van der Waals surface area contributed by atoms with Crippen LogP contribution in [-0.2, 0) is 4.79 Å². The predicted octanol–water partition coefficient (Wildman–Crippen LogP) is 2.18. The molecule has 2 nitrogen and oxygen atoms in total. The average molecular weight is 141 g/mol. The van der Waals surface area contributed by atoms with E-state index in [1.807, 2.05) is 0 Å². The van der Waals surface area contributed by atoms with Crippen LogP contribution in [0.4, 0.5) is 0 Å². The van der Waals surface area contributed by atoms with Crippen LogP contribution < -0.4 is 0 Å². The average Bonchev–Trinajstić information content (AvgIpc) is 1.97. The van der Waals surface area contributed by atoms with Crippen molar-refractivity contribution < 1.29 is 4.79 Å². The molecule has 0 aromatic heterocycles. The van der Waals surface area contributed by atoms with Crippen molar-refractivity contribution in [3.05, 3.63) is 0 Å². The second-order valence-corrected chi connectivity index (χ2v) is 2.29. The third kappa shape index (κ3) is 7.34. The molecule has 2 heteroatoms. The third-order valence-electron chi connectivity index (χ3n) is 1.35. The highest BCUT2D eigenvalue weighted by Gasteiger charge is 1.83. The second kappa shape index (κ2) is 8.34. The lowest BCUT2D eigenvalue weighted by molar-refractivity contribution is -0.106. The Bertz CT molecular complexity index is 99.4. The fraction of sp³-hybridized carbons (Fsp3) is 0.750. The van der Waals surface area contributed by atoms with Gasteiger partial charge in [-0.15, -0.1) is 0 Å². The van der Waals surface area contributed by atoms with Crippen molar-refractivity contribution >= 4 is 12.6 Å². The molecule has 0 spiro atoms. The normalized spacial score (nSPS) is 10.5. The Morgan fingerprint density at radius 3 is 2.70 bits per heavy atom. The maximum Gasteiger partial charge on any atom is 0.232 e. The van der Waals surface area contributed by atoms with Crippen LogP contribution >= 0.6 is 0 Å².